The average molecular weight is 617 g/mol. The van der Waals surface area contributed by atoms with Gasteiger partial charge in [0, 0.05) is 61.9 Å². The van der Waals surface area contributed by atoms with E-state index in [9.17, 15) is 18.0 Å². The van der Waals surface area contributed by atoms with Crippen LogP contribution in [0.2, 0.25) is 0 Å². The molecule has 2 amide bonds. The van der Waals surface area contributed by atoms with Crippen LogP contribution in [0.15, 0.2) is 47.4 Å². The van der Waals surface area contributed by atoms with Crippen LogP contribution in [-0.4, -0.2) is 87.9 Å². The highest BCUT2D eigenvalue weighted by atomic mass is 32.2. The molecule has 0 bridgehead atoms. The summed E-state index contributed by atoms with van der Waals surface area (Å²) in [6.07, 6.45) is 4.16. The summed E-state index contributed by atoms with van der Waals surface area (Å²) in [5.41, 5.74) is 5.78. The van der Waals surface area contributed by atoms with Crippen molar-refractivity contribution in [3.8, 4) is 0 Å². The molecule has 0 spiro atoms. The highest BCUT2D eigenvalue weighted by molar-refractivity contribution is 7.92. The molecule has 0 radical (unpaired) electrons. The number of benzene rings is 2. The van der Waals surface area contributed by atoms with Crippen molar-refractivity contribution in [2.75, 3.05) is 62.5 Å². The zero-order valence-corrected chi connectivity index (χ0v) is 26.4. The van der Waals surface area contributed by atoms with Gasteiger partial charge in [0.2, 0.25) is 0 Å². The molecule has 0 saturated carbocycles. The van der Waals surface area contributed by atoms with E-state index in [0.717, 1.165) is 63.1 Å². The fourth-order valence-corrected chi connectivity index (χ4v) is 7.98. The monoisotopic (exact) mass is 616 g/mol. The third-order valence-electron chi connectivity index (χ3n) is 8.95. The van der Waals surface area contributed by atoms with Gasteiger partial charge in [-0.3, -0.25) is 13.9 Å². The number of aromatic nitrogens is 1. The standard InChI is InChI=1S/C33H40N6O4S/c1-22-29(35-23(2)31(22)33(41)34-13-7-14-38-18-16-37(3)17-19-38)21-27-26-20-25(11-12-28(26)36-32(27)40)44(42,43)39-15-6-9-24-8-4-5-10-30(24)39/h4-5,8,10-12,20-21,35H,6-7,9,13-19H2,1-3H3,(H,34,41)(H,36,40). The minimum atomic E-state index is -3.85. The molecule has 44 heavy (non-hydrogen) atoms. The molecule has 3 aliphatic rings. The Morgan fingerprint density at radius 3 is 2.61 bits per heavy atom. The number of H-pyrrole nitrogens is 1. The summed E-state index contributed by atoms with van der Waals surface area (Å²) in [5.74, 6) is -0.467. The second kappa shape index (κ2) is 12.2. The Morgan fingerprint density at radius 1 is 1.05 bits per heavy atom. The van der Waals surface area contributed by atoms with Gasteiger partial charge in [-0.15, -0.1) is 0 Å². The molecule has 0 aliphatic carbocycles. The van der Waals surface area contributed by atoms with E-state index in [0.29, 0.717) is 52.6 Å². The summed E-state index contributed by atoms with van der Waals surface area (Å²) in [4.78, 5) is 34.4. The Kier molecular flexibility index (Phi) is 8.36. The van der Waals surface area contributed by atoms with E-state index in [1.54, 1.807) is 24.3 Å². The number of aryl methyl sites for hydroxylation is 2. The van der Waals surface area contributed by atoms with Gasteiger partial charge >= 0.3 is 0 Å². The van der Waals surface area contributed by atoms with Crippen LogP contribution in [0.1, 0.15) is 51.3 Å². The zero-order valence-electron chi connectivity index (χ0n) is 25.6. The van der Waals surface area contributed by atoms with Crippen LogP contribution in [0, 0.1) is 13.8 Å². The third-order valence-corrected chi connectivity index (χ3v) is 10.8. The lowest BCUT2D eigenvalue weighted by atomic mass is 10.0. The van der Waals surface area contributed by atoms with E-state index in [1.165, 1.54) is 4.31 Å². The number of rotatable bonds is 8. The molecule has 2 aromatic carbocycles. The Balaban J connectivity index is 1.21. The summed E-state index contributed by atoms with van der Waals surface area (Å²) in [7, 11) is -1.72. The molecule has 1 saturated heterocycles. The maximum absolute atomic E-state index is 13.8. The van der Waals surface area contributed by atoms with Crippen molar-refractivity contribution in [3.63, 3.8) is 0 Å². The van der Waals surface area contributed by atoms with Gasteiger partial charge in [0.25, 0.3) is 21.8 Å². The van der Waals surface area contributed by atoms with Crippen LogP contribution in [0.4, 0.5) is 11.4 Å². The minimum Gasteiger partial charge on any atom is -0.358 e. The quantitative estimate of drug-likeness (QED) is 0.263. The van der Waals surface area contributed by atoms with Crippen LogP contribution in [0.25, 0.3) is 11.6 Å². The lowest BCUT2D eigenvalue weighted by Crippen LogP contribution is -2.45. The molecule has 1 aromatic heterocycles. The summed E-state index contributed by atoms with van der Waals surface area (Å²) >= 11 is 0. The Bertz CT molecular complexity index is 1740. The first-order chi connectivity index (χ1) is 21.1. The molecule has 3 aromatic rings. The van der Waals surface area contributed by atoms with E-state index < -0.39 is 10.0 Å². The van der Waals surface area contributed by atoms with Crippen molar-refractivity contribution >= 4 is 44.9 Å². The van der Waals surface area contributed by atoms with Gasteiger partial charge in [-0.1, -0.05) is 18.2 Å². The van der Waals surface area contributed by atoms with Gasteiger partial charge in [-0.2, -0.15) is 0 Å². The summed E-state index contributed by atoms with van der Waals surface area (Å²) < 4.78 is 29.1. The number of likely N-dealkylation sites (N-methyl/N-ethyl adjacent to an activating group) is 1. The van der Waals surface area contributed by atoms with Crippen molar-refractivity contribution in [2.45, 2.75) is 38.0 Å². The molecule has 0 atom stereocenters. The Morgan fingerprint density at radius 2 is 1.82 bits per heavy atom. The van der Waals surface area contributed by atoms with Gasteiger partial charge in [0.15, 0.2) is 0 Å². The van der Waals surface area contributed by atoms with Gasteiger partial charge in [0.05, 0.1) is 21.7 Å². The Labute approximate surface area is 259 Å². The lowest BCUT2D eigenvalue weighted by Gasteiger charge is -2.32. The molecule has 4 heterocycles. The third kappa shape index (κ3) is 5.79. The molecule has 0 unspecified atom stereocenters. The molecule has 11 heteroatoms. The van der Waals surface area contributed by atoms with E-state index >= 15 is 0 Å². The molecular formula is C33H40N6O4S. The number of carbonyl (C=O) groups is 2. The molecule has 3 aliphatic heterocycles. The number of hydrogen-bond acceptors (Lipinski definition) is 6. The van der Waals surface area contributed by atoms with Gasteiger partial charge in [-0.05, 0) is 88.2 Å². The van der Waals surface area contributed by atoms with Crippen LogP contribution < -0.4 is 14.9 Å². The number of aromatic amines is 1. The number of carbonyl (C=O) groups excluding carboxylic acids is 2. The summed E-state index contributed by atoms with van der Waals surface area (Å²) in [6.45, 7) is 9.88. The first kappa shape index (κ1) is 30.1. The van der Waals surface area contributed by atoms with Gasteiger partial charge in [-0.25, -0.2) is 8.42 Å². The summed E-state index contributed by atoms with van der Waals surface area (Å²) in [5, 5.41) is 5.91. The topological polar surface area (TPSA) is 118 Å². The number of sulfonamides is 1. The zero-order chi connectivity index (χ0) is 31.0. The number of para-hydroxylation sites is 1. The van der Waals surface area contributed by atoms with Crippen molar-refractivity contribution in [1.82, 2.24) is 20.1 Å². The van der Waals surface area contributed by atoms with Crippen molar-refractivity contribution in [1.29, 1.82) is 0 Å². The number of nitrogens with one attached hydrogen (secondary N) is 3. The average Bonchev–Trinajstić information content (AvgIpc) is 3.48. The molecule has 1 fully saturated rings. The lowest BCUT2D eigenvalue weighted by molar-refractivity contribution is -0.110. The molecule has 10 nitrogen and oxygen atoms in total. The van der Waals surface area contributed by atoms with E-state index in [4.69, 9.17) is 0 Å². The van der Waals surface area contributed by atoms with Gasteiger partial charge < -0.3 is 25.4 Å². The number of hydrogen-bond donors (Lipinski definition) is 3. The van der Waals surface area contributed by atoms with E-state index in [1.807, 2.05) is 38.1 Å². The number of anilines is 2. The smallest absolute Gasteiger partial charge is 0.264 e. The van der Waals surface area contributed by atoms with Crippen molar-refractivity contribution in [2.24, 2.45) is 0 Å². The van der Waals surface area contributed by atoms with Crippen LogP contribution in [0.5, 0.6) is 0 Å². The predicted molar refractivity (Wildman–Crippen MR) is 173 cm³/mol. The van der Waals surface area contributed by atoms with Crippen molar-refractivity contribution < 1.29 is 18.0 Å². The normalized spacial score (nSPS) is 18.3. The minimum absolute atomic E-state index is 0.131. The van der Waals surface area contributed by atoms with E-state index in [2.05, 4.69) is 32.5 Å². The van der Waals surface area contributed by atoms with Gasteiger partial charge in [0.1, 0.15) is 0 Å². The van der Waals surface area contributed by atoms with Crippen LogP contribution >= 0.6 is 0 Å². The van der Waals surface area contributed by atoms with Crippen LogP contribution in [-0.2, 0) is 21.2 Å². The maximum Gasteiger partial charge on any atom is 0.264 e. The predicted octanol–water partition coefficient (Wildman–Crippen LogP) is 3.63. The highest BCUT2D eigenvalue weighted by Crippen LogP contribution is 2.38. The molecule has 232 valence electrons. The molecule has 3 N–H and O–H groups in total. The van der Waals surface area contributed by atoms with Crippen LogP contribution in [0.3, 0.4) is 0 Å². The largest absolute Gasteiger partial charge is 0.358 e. The maximum atomic E-state index is 13.8. The number of fused-ring (bicyclic) bond motifs is 2. The SMILES string of the molecule is Cc1[nH]c(C=C2C(=O)Nc3ccc(S(=O)(=O)N4CCCc5ccccc54)cc32)c(C)c1C(=O)NCCCN1CCN(C)CC1. The molecular weight excluding hydrogens is 576 g/mol. The first-order valence-electron chi connectivity index (χ1n) is 15.3. The highest BCUT2D eigenvalue weighted by Gasteiger charge is 2.32. The first-order valence-corrected chi connectivity index (χ1v) is 16.7. The number of amides is 2. The van der Waals surface area contributed by atoms with E-state index in [-0.39, 0.29) is 16.7 Å². The second-order valence-electron chi connectivity index (χ2n) is 11.9. The fraction of sp³-hybridized carbons (Fsp3) is 0.394. The number of piperazine rings is 1. The Hall–Kier alpha value is -3.93. The second-order valence-corrected chi connectivity index (χ2v) is 13.8. The van der Waals surface area contributed by atoms with Crippen molar-refractivity contribution in [3.05, 3.63) is 76.1 Å². The fourth-order valence-electron chi connectivity index (χ4n) is 6.41. The number of nitrogens with zero attached hydrogens (tertiary/aromatic N) is 3. The summed E-state index contributed by atoms with van der Waals surface area (Å²) in [6, 6.07) is 12.3. The molecule has 6 rings (SSSR count).